The van der Waals surface area contributed by atoms with Crippen LogP contribution in [0.3, 0.4) is 0 Å². The summed E-state index contributed by atoms with van der Waals surface area (Å²) in [7, 11) is 3.09. The number of amides is 1. The van der Waals surface area contributed by atoms with E-state index in [0.29, 0.717) is 39.5 Å². The molecule has 0 heterocycles. The van der Waals surface area contributed by atoms with Crippen molar-refractivity contribution in [3.05, 3.63) is 87.4 Å². The van der Waals surface area contributed by atoms with Gasteiger partial charge in [0.2, 0.25) is 0 Å². The van der Waals surface area contributed by atoms with E-state index < -0.39 is 0 Å². The molecule has 1 amide bonds. The molecule has 3 aromatic rings. The van der Waals surface area contributed by atoms with Crippen molar-refractivity contribution >= 4 is 35.3 Å². The van der Waals surface area contributed by atoms with Gasteiger partial charge in [0, 0.05) is 5.56 Å². The lowest BCUT2D eigenvalue weighted by atomic mass is 10.2. The number of ether oxygens (including phenoxy) is 3. The Bertz CT molecular complexity index is 1100. The first-order valence-corrected chi connectivity index (χ1v) is 9.98. The van der Waals surface area contributed by atoms with Crippen LogP contribution in [0.5, 0.6) is 17.2 Å². The standard InChI is InChI=1S/C23H20Cl2N2O4/c1-29-18-5-3-4-17(12-18)23(28)27-26-13-15-7-9-21(22(11-15)30-2)31-14-16-6-8-19(24)20(25)10-16/h3-13H,14H2,1-2H3,(H,27,28)/b26-13+. The van der Waals surface area contributed by atoms with Crippen molar-refractivity contribution < 1.29 is 19.0 Å². The summed E-state index contributed by atoms with van der Waals surface area (Å²) < 4.78 is 16.4. The summed E-state index contributed by atoms with van der Waals surface area (Å²) in [5, 5.41) is 4.96. The monoisotopic (exact) mass is 458 g/mol. The predicted molar refractivity (Wildman–Crippen MR) is 122 cm³/mol. The number of carbonyl (C=O) groups is 1. The van der Waals surface area contributed by atoms with Crippen molar-refractivity contribution in [2.45, 2.75) is 6.61 Å². The van der Waals surface area contributed by atoms with E-state index in [1.807, 2.05) is 6.07 Å². The molecule has 0 spiro atoms. The summed E-state index contributed by atoms with van der Waals surface area (Å²) in [5.74, 6) is 1.34. The summed E-state index contributed by atoms with van der Waals surface area (Å²) >= 11 is 12.0. The molecular weight excluding hydrogens is 439 g/mol. The van der Waals surface area contributed by atoms with Crippen molar-refractivity contribution in [2.75, 3.05) is 14.2 Å². The molecule has 160 valence electrons. The number of halogens is 2. The van der Waals surface area contributed by atoms with Crippen molar-refractivity contribution in [1.29, 1.82) is 0 Å². The second-order valence-electron chi connectivity index (χ2n) is 6.38. The van der Waals surface area contributed by atoms with Gasteiger partial charge in [-0.2, -0.15) is 5.10 Å². The van der Waals surface area contributed by atoms with Crippen LogP contribution in [0.25, 0.3) is 0 Å². The Morgan fingerprint density at radius 3 is 2.55 bits per heavy atom. The minimum absolute atomic E-state index is 0.303. The lowest BCUT2D eigenvalue weighted by Gasteiger charge is -2.11. The van der Waals surface area contributed by atoms with Crippen LogP contribution in [-0.4, -0.2) is 26.3 Å². The minimum atomic E-state index is -0.344. The molecule has 0 saturated heterocycles. The van der Waals surface area contributed by atoms with E-state index in [-0.39, 0.29) is 5.91 Å². The van der Waals surface area contributed by atoms with Crippen LogP contribution in [-0.2, 0) is 6.61 Å². The Hall–Kier alpha value is -3.22. The lowest BCUT2D eigenvalue weighted by molar-refractivity contribution is 0.0955. The maximum absolute atomic E-state index is 12.2. The Balaban J connectivity index is 1.63. The number of nitrogens with one attached hydrogen (secondary N) is 1. The van der Waals surface area contributed by atoms with Crippen LogP contribution in [0.1, 0.15) is 21.5 Å². The van der Waals surface area contributed by atoms with E-state index in [2.05, 4.69) is 10.5 Å². The fraction of sp³-hybridized carbons (Fsp3) is 0.130. The molecular formula is C23H20Cl2N2O4. The van der Waals surface area contributed by atoms with E-state index >= 15 is 0 Å². The van der Waals surface area contributed by atoms with Crippen LogP contribution >= 0.6 is 23.2 Å². The average molecular weight is 459 g/mol. The van der Waals surface area contributed by atoms with Crippen molar-refractivity contribution in [1.82, 2.24) is 5.43 Å². The maximum atomic E-state index is 12.2. The Morgan fingerprint density at radius 1 is 0.968 bits per heavy atom. The zero-order chi connectivity index (χ0) is 22.2. The molecule has 0 atom stereocenters. The van der Waals surface area contributed by atoms with Gasteiger partial charge in [-0.05, 0) is 59.7 Å². The molecule has 8 heteroatoms. The van der Waals surface area contributed by atoms with Gasteiger partial charge in [0.25, 0.3) is 5.91 Å². The third kappa shape index (κ3) is 6.13. The summed E-state index contributed by atoms with van der Waals surface area (Å²) in [6.07, 6.45) is 1.52. The molecule has 0 saturated carbocycles. The van der Waals surface area contributed by atoms with Gasteiger partial charge in [-0.25, -0.2) is 5.43 Å². The normalized spacial score (nSPS) is 10.7. The van der Waals surface area contributed by atoms with Gasteiger partial charge >= 0.3 is 0 Å². The zero-order valence-corrected chi connectivity index (χ0v) is 18.4. The predicted octanol–water partition coefficient (Wildman–Crippen LogP) is 5.35. The van der Waals surface area contributed by atoms with Crippen LogP contribution in [0.2, 0.25) is 10.0 Å². The SMILES string of the molecule is COc1cccc(C(=O)N/N=C/c2ccc(OCc3ccc(Cl)c(Cl)c3)c(OC)c2)c1. The van der Waals surface area contributed by atoms with Crippen molar-refractivity contribution in [2.24, 2.45) is 5.10 Å². The third-order valence-corrected chi connectivity index (χ3v) is 5.02. The molecule has 0 fully saturated rings. The molecule has 3 aromatic carbocycles. The highest BCUT2D eigenvalue weighted by atomic mass is 35.5. The van der Waals surface area contributed by atoms with Gasteiger partial charge < -0.3 is 14.2 Å². The molecule has 0 unspecified atom stereocenters. The molecule has 31 heavy (non-hydrogen) atoms. The second-order valence-corrected chi connectivity index (χ2v) is 7.19. The number of hydrazone groups is 1. The van der Waals surface area contributed by atoms with Gasteiger partial charge in [-0.15, -0.1) is 0 Å². The molecule has 0 radical (unpaired) electrons. The quantitative estimate of drug-likeness (QED) is 0.364. The highest BCUT2D eigenvalue weighted by Gasteiger charge is 2.08. The number of nitrogens with zero attached hydrogens (tertiary/aromatic N) is 1. The summed E-state index contributed by atoms with van der Waals surface area (Å²) in [5.41, 5.74) is 4.54. The van der Waals surface area contributed by atoms with Gasteiger partial charge in [0.15, 0.2) is 11.5 Å². The average Bonchev–Trinajstić information content (AvgIpc) is 2.80. The topological polar surface area (TPSA) is 69.2 Å². The number of hydrogen-bond acceptors (Lipinski definition) is 5. The van der Waals surface area contributed by atoms with E-state index in [9.17, 15) is 4.79 Å². The first-order chi connectivity index (χ1) is 15.0. The fourth-order valence-corrected chi connectivity index (χ4v) is 2.99. The van der Waals surface area contributed by atoms with Crippen LogP contribution in [0, 0.1) is 0 Å². The van der Waals surface area contributed by atoms with Crippen LogP contribution in [0.15, 0.2) is 65.8 Å². The van der Waals surface area contributed by atoms with Gasteiger partial charge in [-0.3, -0.25) is 4.79 Å². The first-order valence-electron chi connectivity index (χ1n) is 9.22. The number of rotatable bonds is 8. The summed E-state index contributed by atoms with van der Waals surface area (Å²) in [6.45, 7) is 0.303. The lowest BCUT2D eigenvalue weighted by Crippen LogP contribution is -2.17. The molecule has 0 aliphatic carbocycles. The highest BCUT2D eigenvalue weighted by Crippen LogP contribution is 2.29. The third-order valence-electron chi connectivity index (χ3n) is 4.28. The van der Waals surface area contributed by atoms with Gasteiger partial charge in [0.1, 0.15) is 12.4 Å². The largest absolute Gasteiger partial charge is 0.497 e. The molecule has 0 aromatic heterocycles. The molecule has 3 rings (SSSR count). The molecule has 0 aliphatic heterocycles. The number of methoxy groups -OCH3 is 2. The van der Waals surface area contributed by atoms with Gasteiger partial charge in [-0.1, -0.05) is 35.3 Å². The van der Waals surface area contributed by atoms with E-state index in [0.717, 1.165) is 11.1 Å². The highest BCUT2D eigenvalue weighted by molar-refractivity contribution is 6.42. The number of benzene rings is 3. The van der Waals surface area contributed by atoms with Crippen molar-refractivity contribution in [3.8, 4) is 17.2 Å². The molecule has 1 N–H and O–H groups in total. The minimum Gasteiger partial charge on any atom is -0.497 e. The number of hydrogen-bond donors (Lipinski definition) is 1. The Morgan fingerprint density at radius 2 is 1.81 bits per heavy atom. The van der Waals surface area contributed by atoms with E-state index in [1.165, 1.54) is 6.21 Å². The van der Waals surface area contributed by atoms with Crippen molar-refractivity contribution in [3.63, 3.8) is 0 Å². The van der Waals surface area contributed by atoms with Gasteiger partial charge in [0.05, 0.1) is 30.5 Å². The first kappa shape index (κ1) is 22.5. The Labute approximate surface area is 190 Å². The second kappa shape index (κ2) is 10.7. The molecule has 0 bridgehead atoms. The smallest absolute Gasteiger partial charge is 0.271 e. The number of carbonyl (C=O) groups excluding carboxylic acids is 1. The maximum Gasteiger partial charge on any atom is 0.271 e. The molecule has 0 aliphatic rings. The fourth-order valence-electron chi connectivity index (χ4n) is 2.67. The summed E-state index contributed by atoms with van der Waals surface area (Å²) in [6, 6.07) is 17.4. The van der Waals surface area contributed by atoms with E-state index in [4.69, 9.17) is 37.4 Å². The van der Waals surface area contributed by atoms with Crippen LogP contribution in [0.4, 0.5) is 0 Å². The zero-order valence-electron chi connectivity index (χ0n) is 16.9. The van der Waals surface area contributed by atoms with E-state index in [1.54, 1.807) is 68.8 Å². The Kier molecular flexibility index (Phi) is 7.76. The van der Waals surface area contributed by atoms with Crippen LogP contribution < -0.4 is 19.6 Å². The summed E-state index contributed by atoms with van der Waals surface area (Å²) in [4.78, 5) is 12.2. The molecule has 6 nitrogen and oxygen atoms in total.